The average Bonchev–Trinajstić information content (AvgIpc) is 3.74. The number of amides is 5. The van der Waals surface area contributed by atoms with E-state index < -0.39 is 77.5 Å². The molecule has 49 heavy (non-hydrogen) atoms. The maximum absolute atomic E-state index is 14.3. The fourth-order valence-electron chi connectivity index (χ4n) is 6.29. The first-order valence-electron chi connectivity index (χ1n) is 17.2. The fourth-order valence-corrected chi connectivity index (χ4v) is 7.56. The van der Waals surface area contributed by atoms with Crippen LogP contribution in [0.5, 0.6) is 0 Å². The Hall–Kier alpha value is -3.71. The Labute approximate surface area is 294 Å². The number of aliphatic imine (C=N–C) groups is 1. The Kier molecular flexibility index (Phi) is 12.7. The highest BCUT2D eigenvalue weighted by Crippen LogP contribution is 2.26. The first kappa shape index (κ1) is 38.1. The zero-order valence-electron chi connectivity index (χ0n) is 29.7. The van der Waals surface area contributed by atoms with Gasteiger partial charge in [0.05, 0.1) is 22.8 Å². The molecule has 4 rings (SSSR count). The van der Waals surface area contributed by atoms with Crippen LogP contribution in [0.25, 0.3) is 0 Å². The number of carbonyl (C=O) groups excluding carboxylic acids is 5. The van der Waals surface area contributed by atoms with Crippen LogP contribution in [-0.2, 0) is 35.1 Å². The third kappa shape index (κ3) is 9.50. The van der Waals surface area contributed by atoms with Gasteiger partial charge in [-0.05, 0) is 51.0 Å². The third-order valence-corrected chi connectivity index (χ3v) is 10.4. The molecule has 0 spiro atoms. The molecule has 1 aromatic carbocycles. The molecule has 3 aliphatic heterocycles. The summed E-state index contributed by atoms with van der Waals surface area (Å²) in [6.07, 6.45) is 1.99. The van der Waals surface area contributed by atoms with Gasteiger partial charge >= 0.3 is 0 Å². The highest BCUT2D eigenvalue weighted by molar-refractivity contribution is 8.14. The molecule has 0 saturated carbocycles. The molecule has 0 radical (unpaired) electrons. The van der Waals surface area contributed by atoms with Gasteiger partial charge in [-0.2, -0.15) is 0 Å². The number of hydrogen-bond donors (Lipinski definition) is 4. The molecule has 1 aromatic rings. The van der Waals surface area contributed by atoms with Crippen molar-refractivity contribution in [1.82, 2.24) is 26.2 Å². The van der Waals surface area contributed by atoms with Crippen molar-refractivity contribution in [2.45, 2.75) is 116 Å². The van der Waals surface area contributed by atoms with Gasteiger partial charge in [-0.15, -0.1) is 18.3 Å². The van der Waals surface area contributed by atoms with Gasteiger partial charge in [0.25, 0.3) is 0 Å². The largest absolute Gasteiger partial charge is 0.366 e. The van der Waals surface area contributed by atoms with Gasteiger partial charge in [-0.1, -0.05) is 64.1 Å². The van der Waals surface area contributed by atoms with E-state index in [1.807, 2.05) is 71.9 Å². The smallest absolute Gasteiger partial charge is 0.246 e. The first-order valence-corrected chi connectivity index (χ1v) is 18.2. The van der Waals surface area contributed by atoms with Crippen LogP contribution in [0, 0.1) is 11.8 Å². The van der Waals surface area contributed by atoms with Crippen molar-refractivity contribution in [3.05, 3.63) is 48.6 Å². The molecule has 2 bridgehead atoms. The highest BCUT2D eigenvalue weighted by Gasteiger charge is 2.42. The van der Waals surface area contributed by atoms with Gasteiger partial charge < -0.3 is 30.9 Å². The first-order chi connectivity index (χ1) is 23.1. The van der Waals surface area contributed by atoms with E-state index in [-0.39, 0.29) is 18.3 Å². The molecular formula is C36H52N6O6S. The minimum absolute atomic E-state index is 0.0986. The van der Waals surface area contributed by atoms with Gasteiger partial charge in [0.1, 0.15) is 30.2 Å². The lowest BCUT2D eigenvalue weighted by Gasteiger charge is -2.34. The van der Waals surface area contributed by atoms with Crippen molar-refractivity contribution in [2.75, 3.05) is 12.3 Å². The van der Waals surface area contributed by atoms with Gasteiger partial charge in [-0.3, -0.25) is 29.0 Å². The predicted molar refractivity (Wildman–Crippen MR) is 191 cm³/mol. The molecule has 1 unspecified atom stereocenters. The van der Waals surface area contributed by atoms with E-state index in [1.54, 1.807) is 13.0 Å². The van der Waals surface area contributed by atoms with E-state index in [4.69, 9.17) is 9.73 Å². The maximum Gasteiger partial charge on any atom is 0.246 e. The second-order valence-corrected chi connectivity index (χ2v) is 15.4. The summed E-state index contributed by atoms with van der Waals surface area (Å²) in [6.45, 7) is 17.0. The average molecular weight is 697 g/mol. The Morgan fingerprint density at radius 1 is 0.898 bits per heavy atom. The van der Waals surface area contributed by atoms with Crippen molar-refractivity contribution in [1.29, 1.82) is 0 Å². The second-order valence-electron chi connectivity index (χ2n) is 14.3. The molecule has 1 fully saturated rings. The number of rotatable bonds is 8. The van der Waals surface area contributed by atoms with Crippen LogP contribution >= 0.6 is 11.8 Å². The van der Waals surface area contributed by atoms with Gasteiger partial charge in [0.2, 0.25) is 29.5 Å². The summed E-state index contributed by atoms with van der Waals surface area (Å²) in [5, 5.41) is 12.4. The summed E-state index contributed by atoms with van der Waals surface area (Å²) in [5.74, 6) is -2.31. The van der Waals surface area contributed by atoms with Crippen molar-refractivity contribution >= 4 is 46.3 Å². The number of nitrogens with zero attached hydrogens (tertiary/aromatic N) is 2. The molecule has 1 saturated heterocycles. The third-order valence-electron chi connectivity index (χ3n) is 9.22. The van der Waals surface area contributed by atoms with Gasteiger partial charge in [-0.25, -0.2) is 0 Å². The lowest BCUT2D eigenvalue weighted by molar-refractivity contribution is -0.144. The van der Waals surface area contributed by atoms with E-state index in [0.717, 1.165) is 5.56 Å². The van der Waals surface area contributed by atoms with Crippen LogP contribution in [0.4, 0.5) is 0 Å². The van der Waals surface area contributed by atoms with Crippen LogP contribution < -0.4 is 21.3 Å². The molecule has 268 valence electrons. The lowest BCUT2D eigenvalue weighted by Crippen LogP contribution is -2.61. The van der Waals surface area contributed by atoms with Crippen molar-refractivity contribution in [2.24, 2.45) is 16.8 Å². The number of fused-ring (bicyclic) bond motifs is 2. The van der Waals surface area contributed by atoms with Gasteiger partial charge in [0.15, 0.2) is 0 Å². The summed E-state index contributed by atoms with van der Waals surface area (Å²) in [6, 6.07) is 4.07. The minimum Gasteiger partial charge on any atom is -0.366 e. The standard InChI is InChI=1S/C36H52N6O6S/c1-9-36(7,8)48-22(6)29-33(46)40-28(21(4)5)34-38-25(19-49-34)30(43)39-27(20(2)3)32(45)37-24(18-23-14-11-10-12-15-23)35(47)42-17-13-16-26(42)31(44)41-29/h9-12,14-15,20-22,24-29H,1,13,16-19H2,2-8H3,(H,37,45)(H,39,43)(H,40,46)(H,41,44)/t22-,24+,25+,26+,27+,28+,29?/m1/s1. The number of ether oxygens (including phenoxy) is 1. The zero-order valence-corrected chi connectivity index (χ0v) is 30.5. The number of hydrogen-bond acceptors (Lipinski definition) is 8. The molecule has 3 aliphatic rings. The Bertz CT molecular complexity index is 1430. The number of nitrogens with one attached hydrogen (secondary N) is 4. The number of carbonyl (C=O) groups is 5. The minimum atomic E-state index is -1.12. The SMILES string of the molecule is C=CC(C)(C)O[C@H](C)C1NC(=O)[C@@H]2CCCN2C(=O)[C@H](Cc2ccccc2)NC(=O)[C@H](C(C)C)NC(=O)[C@@H]2CSC(=N2)[C@H](C(C)C)NC1=O. The monoisotopic (exact) mass is 696 g/mol. The summed E-state index contributed by atoms with van der Waals surface area (Å²) in [5.41, 5.74) is 0.0251. The highest BCUT2D eigenvalue weighted by atomic mass is 32.2. The summed E-state index contributed by atoms with van der Waals surface area (Å²) >= 11 is 1.38. The van der Waals surface area contributed by atoms with Crippen LogP contribution in [0.15, 0.2) is 48.0 Å². The van der Waals surface area contributed by atoms with Crippen LogP contribution in [0.1, 0.15) is 66.9 Å². The topological polar surface area (TPSA) is 158 Å². The maximum atomic E-state index is 14.3. The lowest BCUT2D eigenvalue weighted by atomic mass is 10.00. The molecule has 3 heterocycles. The molecule has 0 aliphatic carbocycles. The van der Waals surface area contributed by atoms with Gasteiger partial charge in [0, 0.05) is 18.7 Å². The van der Waals surface area contributed by atoms with Crippen molar-refractivity contribution in [3.63, 3.8) is 0 Å². The van der Waals surface area contributed by atoms with Crippen LogP contribution in [0.2, 0.25) is 0 Å². The Morgan fingerprint density at radius 3 is 2.14 bits per heavy atom. The molecule has 13 heteroatoms. The normalized spacial score (nSPS) is 28.1. The van der Waals surface area contributed by atoms with E-state index in [2.05, 4.69) is 27.8 Å². The number of thioether (sulfide) groups is 1. The Morgan fingerprint density at radius 2 is 1.51 bits per heavy atom. The fraction of sp³-hybridized carbons (Fsp3) is 0.611. The second kappa shape index (κ2) is 16.3. The summed E-state index contributed by atoms with van der Waals surface area (Å²) in [4.78, 5) is 76.0. The van der Waals surface area contributed by atoms with Crippen molar-refractivity contribution < 1.29 is 28.7 Å². The van der Waals surface area contributed by atoms with E-state index in [1.165, 1.54) is 16.7 Å². The quantitative estimate of drug-likeness (QED) is 0.304. The van der Waals surface area contributed by atoms with Crippen LogP contribution in [-0.4, -0.2) is 99.7 Å². The zero-order chi connectivity index (χ0) is 36.0. The van der Waals surface area contributed by atoms with E-state index >= 15 is 0 Å². The molecule has 7 atom stereocenters. The molecule has 12 nitrogen and oxygen atoms in total. The molecule has 5 amide bonds. The Balaban J connectivity index is 1.76. The predicted octanol–water partition coefficient (Wildman–Crippen LogP) is 2.37. The van der Waals surface area contributed by atoms with E-state index in [9.17, 15) is 24.0 Å². The van der Waals surface area contributed by atoms with E-state index in [0.29, 0.717) is 30.2 Å². The summed E-state index contributed by atoms with van der Waals surface area (Å²) < 4.78 is 6.20. The molecular weight excluding hydrogens is 644 g/mol. The van der Waals surface area contributed by atoms with Crippen molar-refractivity contribution in [3.8, 4) is 0 Å². The molecule has 0 aromatic heterocycles. The molecule has 4 N–H and O–H groups in total. The number of benzene rings is 1. The summed E-state index contributed by atoms with van der Waals surface area (Å²) in [7, 11) is 0. The van der Waals surface area contributed by atoms with Crippen LogP contribution in [0.3, 0.4) is 0 Å².